The minimum atomic E-state index is -0.649. The molecule has 150 valence electrons. The van der Waals surface area contributed by atoms with Crippen LogP contribution in [0.15, 0.2) is 36.9 Å². The fourth-order valence-corrected chi connectivity index (χ4v) is 4.19. The van der Waals surface area contributed by atoms with Crippen LogP contribution >= 0.6 is 11.6 Å². The van der Waals surface area contributed by atoms with Crippen LogP contribution in [0.3, 0.4) is 0 Å². The zero-order valence-corrected chi connectivity index (χ0v) is 17.3. The number of aromatic nitrogens is 3. The van der Waals surface area contributed by atoms with Crippen molar-refractivity contribution in [1.29, 1.82) is 5.26 Å². The van der Waals surface area contributed by atoms with Crippen LogP contribution in [0, 0.1) is 11.3 Å². The van der Waals surface area contributed by atoms with Gasteiger partial charge < -0.3 is 4.74 Å². The fourth-order valence-electron chi connectivity index (χ4n) is 4.06. The zero-order valence-electron chi connectivity index (χ0n) is 16.6. The van der Waals surface area contributed by atoms with Gasteiger partial charge in [0.1, 0.15) is 18.1 Å². The molecule has 0 amide bonds. The van der Waals surface area contributed by atoms with E-state index in [0.717, 1.165) is 44.5 Å². The van der Waals surface area contributed by atoms with Gasteiger partial charge in [0, 0.05) is 18.1 Å². The summed E-state index contributed by atoms with van der Waals surface area (Å²) in [6.07, 6.45) is 6.51. The van der Waals surface area contributed by atoms with E-state index in [1.807, 2.05) is 24.3 Å². The summed E-state index contributed by atoms with van der Waals surface area (Å²) in [5.41, 5.74) is 0.327. The van der Waals surface area contributed by atoms with Gasteiger partial charge in [-0.25, -0.2) is 4.98 Å². The third-order valence-corrected chi connectivity index (χ3v) is 5.58. The number of halogens is 1. The molecule has 3 rings (SSSR count). The summed E-state index contributed by atoms with van der Waals surface area (Å²) in [7, 11) is 0. The van der Waals surface area contributed by atoms with Gasteiger partial charge in [0.15, 0.2) is 0 Å². The smallest absolute Gasteiger partial charge is 0.137 e. The molecule has 0 spiro atoms. The highest BCUT2D eigenvalue weighted by Crippen LogP contribution is 2.32. The van der Waals surface area contributed by atoms with Crippen LogP contribution in [-0.2, 0) is 16.7 Å². The molecular formula is C21H28ClN5O. The number of nitrogens with zero attached hydrogens (tertiary/aromatic N) is 5. The van der Waals surface area contributed by atoms with Crippen molar-refractivity contribution in [2.45, 2.75) is 57.3 Å². The molecule has 0 aliphatic carbocycles. The van der Waals surface area contributed by atoms with Crippen LogP contribution in [0.4, 0.5) is 0 Å². The van der Waals surface area contributed by atoms with Crippen molar-refractivity contribution in [2.24, 2.45) is 0 Å². The van der Waals surface area contributed by atoms with E-state index in [0.29, 0.717) is 11.6 Å². The maximum absolute atomic E-state index is 10.1. The standard InChI is InChI=1S/C21H28ClN5O/c1-17-11-26(12-18(2)28-17)10-4-3-9-21(13-23,14-27-16-24-15-25-27)19-5-7-20(22)8-6-19/h5-8,15-18H,3-4,9-12,14H2,1-2H3. The molecule has 1 fully saturated rings. The third-order valence-electron chi connectivity index (χ3n) is 5.33. The quantitative estimate of drug-likeness (QED) is 0.631. The number of benzene rings is 1. The van der Waals surface area contributed by atoms with Crippen molar-refractivity contribution in [3.8, 4) is 6.07 Å². The van der Waals surface area contributed by atoms with Gasteiger partial charge in [-0.3, -0.25) is 9.58 Å². The Labute approximate surface area is 172 Å². The second-order valence-corrected chi connectivity index (χ2v) is 8.20. The molecule has 3 atom stereocenters. The Morgan fingerprint density at radius 2 is 1.93 bits per heavy atom. The Hall–Kier alpha value is -1.94. The molecule has 1 aromatic carbocycles. The summed E-state index contributed by atoms with van der Waals surface area (Å²) in [5.74, 6) is 0. The van der Waals surface area contributed by atoms with Crippen LogP contribution in [0.2, 0.25) is 5.02 Å². The second-order valence-electron chi connectivity index (χ2n) is 7.77. The van der Waals surface area contributed by atoms with E-state index in [-0.39, 0.29) is 12.2 Å². The van der Waals surface area contributed by atoms with Crippen molar-refractivity contribution in [2.75, 3.05) is 19.6 Å². The second kappa shape index (κ2) is 9.51. The molecular weight excluding hydrogens is 374 g/mol. The van der Waals surface area contributed by atoms with Crippen LogP contribution in [0.5, 0.6) is 0 Å². The average molecular weight is 402 g/mol. The number of morpholine rings is 1. The molecule has 0 saturated carbocycles. The van der Waals surface area contributed by atoms with E-state index >= 15 is 0 Å². The monoisotopic (exact) mass is 401 g/mol. The highest BCUT2D eigenvalue weighted by molar-refractivity contribution is 6.30. The van der Waals surface area contributed by atoms with E-state index in [2.05, 4.69) is 34.9 Å². The Morgan fingerprint density at radius 3 is 2.54 bits per heavy atom. The Kier molecular flexibility index (Phi) is 7.06. The number of ether oxygens (including phenoxy) is 1. The van der Waals surface area contributed by atoms with Gasteiger partial charge in [-0.1, -0.05) is 30.2 Å². The summed E-state index contributed by atoms with van der Waals surface area (Å²) in [4.78, 5) is 6.49. The molecule has 1 saturated heterocycles. The van der Waals surface area contributed by atoms with Gasteiger partial charge >= 0.3 is 0 Å². The minimum absolute atomic E-state index is 0.281. The molecule has 0 bridgehead atoms. The highest BCUT2D eigenvalue weighted by atomic mass is 35.5. The highest BCUT2D eigenvalue weighted by Gasteiger charge is 2.33. The first-order chi connectivity index (χ1) is 13.5. The predicted molar refractivity (Wildman–Crippen MR) is 109 cm³/mol. The first-order valence-electron chi connectivity index (χ1n) is 9.88. The number of hydrogen-bond donors (Lipinski definition) is 0. The summed E-state index contributed by atoms with van der Waals surface area (Å²) >= 11 is 6.06. The summed E-state index contributed by atoms with van der Waals surface area (Å²) < 4.78 is 7.55. The van der Waals surface area contributed by atoms with Gasteiger partial charge in [0.2, 0.25) is 0 Å². The normalized spacial score (nSPS) is 22.5. The lowest BCUT2D eigenvalue weighted by Gasteiger charge is -2.35. The minimum Gasteiger partial charge on any atom is -0.373 e. The maximum atomic E-state index is 10.1. The van der Waals surface area contributed by atoms with Crippen LogP contribution in [0.25, 0.3) is 0 Å². The number of nitriles is 1. The lowest BCUT2D eigenvalue weighted by molar-refractivity contribution is -0.0682. The van der Waals surface area contributed by atoms with Gasteiger partial charge in [-0.2, -0.15) is 10.4 Å². The lowest BCUT2D eigenvalue weighted by Crippen LogP contribution is -2.45. The van der Waals surface area contributed by atoms with Gasteiger partial charge in [-0.15, -0.1) is 0 Å². The first kappa shape index (κ1) is 20.8. The van der Waals surface area contributed by atoms with E-state index in [1.54, 1.807) is 11.0 Å². The molecule has 7 heteroatoms. The summed E-state index contributed by atoms with van der Waals surface area (Å²) in [6.45, 7) is 7.72. The van der Waals surface area contributed by atoms with Crippen LogP contribution in [0.1, 0.15) is 38.7 Å². The Bertz CT molecular complexity index is 763. The number of rotatable bonds is 8. The predicted octanol–water partition coefficient (Wildman–Crippen LogP) is 3.67. The van der Waals surface area contributed by atoms with E-state index in [1.165, 1.54) is 6.33 Å². The molecule has 1 aliphatic heterocycles. The number of unbranched alkanes of at least 4 members (excludes halogenated alkanes) is 1. The SMILES string of the molecule is CC1CN(CCCCC(C#N)(Cn2cncn2)c2ccc(Cl)cc2)CC(C)O1. The van der Waals surface area contributed by atoms with Crippen molar-refractivity contribution in [3.63, 3.8) is 0 Å². The Balaban J connectivity index is 1.65. The number of hydrogen-bond acceptors (Lipinski definition) is 5. The van der Waals surface area contributed by atoms with Crippen molar-refractivity contribution < 1.29 is 4.74 Å². The molecule has 1 aliphatic rings. The maximum Gasteiger partial charge on any atom is 0.137 e. The first-order valence-corrected chi connectivity index (χ1v) is 10.3. The van der Waals surface area contributed by atoms with Gasteiger partial charge in [0.05, 0.1) is 24.8 Å². The van der Waals surface area contributed by atoms with Crippen LogP contribution in [-0.4, -0.2) is 51.5 Å². The lowest BCUT2D eigenvalue weighted by atomic mass is 9.77. The summed E-state index contributed by atoms with van der Waals surface area (Å²) in [5, 5.41) is 15.0. The van der Waals surface area contributed by atoms with Crippen molar-refractivity contribution in [1.82, 2.24) is 19.7 Å². The molecule has 3 unspecified atom stereocenters. The van der Waals surface area contributed by atoms with Gasteiger partial charge in [-0.05, 0) is 50.9 Å². The summed E-state index contributed by atoms with van der Waals surface area (Å²) in [6, 6.07) is 10.2. The van der Waals surface area contributed by atoms with Crippen molar-refractivity contribution >= 4 is 11.6 Å². The van der Waals surface area contributed by atoms with Gasteiger partial charge in [0.25, 0.3) is 0 Å². The molecule has 1 aromatic heterocycles. The van der Waals surface area contributed by atoms with E-state index < -0.39 is 5.41 Å². The molecule has 2 heterocycles. The third kappa shape index (κ3) is 5.32. The fraction of sp³-hybridized carbons (Fsp3) is 0.571. The van der Waals surface area contributed by atoms with E-state index in [4.69, 9.17) is 16.3 Å². The zero-order chi connectivity index (χ0) is 20.0. The van der Waals surface area contributed by atoms with E-state index in [9.17, 15) is 5.26 Å². The van der Waals surface area contributed by atoms with Crippen molar-refractivity contribution in [3.05, 3.63) is 47.5 Å². The molecule has 0 radical (unpaired) electrons. The Morgan fingerprint density at radius 1 is 1.21 bits per heavy atom. The largest absolute Gasteiger partial charge is 0.373 e. The molecule has 6 nitrogen and oxygen atoms in total. The molecule has 28 heavy (non-hydrogen) atoms. The van der Waals surface area contributed by atoms with Crippen LogP contribution < -0.4 is 0 Å². The molecule has 2 aromatic rings. The topological polar surface area (TPSA) is 67.0 Å². The average Bonchev–Trinajstić information content (AvgIpc) is 3.17. The molecule has 0 N–H and O–H groups in total.